The third-order valence-electron chi connectivity index (χ3n) is 5.09. The Hall–Kier alpha value is -2.79. The molecule has 1 atom stereocenters. The lowest BCUT2D eigenvalue weighted by atomic mass is 10.2. The van der Waals surface area contributed by atoms with Gasteiger partial charge >= 0.3 is 6.09 Å². The number of hydrogen-bond acceptors (Lipinski definition) is 7. The van der Waals surface area contributed by atoms with Crippen LogP contribution in [0.5, 0.6) is 0 Å². The molecule has 150 valence electrons. The SMILES string of the molecule is CN1C=C2C(=O)N(N3CCN(C(=O)C(NC(=O)O)c4cccs4)CC3)CN2C1. The number of nitrogens with zero attached hydrogens (tertiary/aromatic N) is 5. The Kier molecular flexibility index (Phi) is 4.85. The number of nitrogens with one attached hydrogen (secondary N) is 1. The first-order valence-corrected chi connectivity index (χ1v) is 9.87. The molecule has 0 aromatic carbocycles. The summed E-state index contributed by atoms with van der Waals surface area (Å²) < 4.78 is 0. The molecule has 2 fully saturated rings. The minimum Gasteiger partial charge on any atom is -0.465 e. The smallest absolute Gasteiger partial charge is 0.405 e. The summed E-state index contributed by atoms with van der Waals surface area (Å²) in [6.45, 7) is 3.13. The maximum Gasteiger partial charge on any atom is 0.405 e. The Morgan fingerprint density at radius 3 is 2.57 bits per heavy atom. The fraction of sp³-hybridized carbons (Fsp3) is 0.471. The van der Waals surface area contributed by atoms with E-state index >= 15 is 0 Å². The monoisotopic (exact) mass is 406 g/mol. The van der Waals surface area contributed by atoms with Crippen molar-refractivity contribution in [3.63, 3.8) is 0 Å². The van der Waals surface area contributed by atoms with E-state index in [1.54, 1.807) is 22.0 Å². The van der Waals surface area contributed by atoms with Crippen LogP contribution in [0.15, 0.2) is 29.4 Å². The van der Waals surface area contributed by atoms with Gasteiger partial charge in [-0.2, -0.15) is 0 Å². The highest BCUT2D eigenvalue weighted by Gasteiger charge is 2.41. The number of amides is 3. The number of carbonyl (C=O) groups excluding carboxylic acids is 2. The molecule has 11 heteroatoms. The number of hydrogen-bond donors (Lipinski definition) is 2. The predicted octanol–water partition coefficient (Wildman–Crippen LogP) is -0.0380. The lowest BCUT2D eigenvalue weighted by Crippen LogP contribution is -2.57. The predicted molar refractivity (Wildman–Crippen MR) is 101 cm³/mol. The fourth-order valence-electron chi connectivity index (χ4n) is 3.74. The lowest BCUT2D eigenvalue weighted by Gasteiger charge is -2.40. The van der Waals surface area contributed by atoms with Gasteiger partial charge in [0.05, 0.1) is 6.67 Å². The van der Waals surface area contributed by atoms with E-state index < -0.39 is 12.1 Å². The quantitative estimate of drug-likeness (QED) is 0.724. The van der Waals surface area contributed by atoms with Gasteiger partial charge in [0.2, 0.25) is 0 Å². The molecule has 0 bridgehead atoms. The molecule has 1 unspecified atom stereocenters. The van der Waals surface area contributed by atoms with Crippen LogP contribution in [0.4, 0.5) is 4.79 Å². The van der Waals surface area contributed by atoms with Crippen molar-refractivity contribution in [3.05, 3.63) is 34.3 Å². The summed E-state index contributed by atoms with van der Waals surface area (Å²) in [7, 11) is 1.93. The average Bonchev–Trinajstić information content (AvgIpc) is 3.38. The van der Waals surface area contributed by atoms with Crippen LogP contribution < -0.4 is 5.32 Å². The Labute approximate surface area is 166 Å². The van der Waals surface area contributed by atoms with Gasteiger partial charge in [-0.25, -0.2) is 14.8 Å². The van der Waals surface area contributed by atoms with Crippen molar-refractivity contribution in [2.45, 2.75) is 6.04 Å². The summed E-state index contributed by atoms with van der Waals surface area (Å²) in [4.78, 5) is 43.0. The number of thiophene rings is 1. The van der Waals surface area contributed by atoms with Crippen LogP contribution in [-0.4, -0.2) is 94.3 Å². The van der Waals surface area contributed by atoms with Crippen molar-refractivity contribution >= 4 is 29.2 Å². The molecule has 2 saturated heterocycles. The zero-order chi connectivity index (χ0) is 19.8. The molecule has 3 aliphatic rings. The minimum atomic E-state index is -1.23. The Bertz CT molecular complexity index is 805. The first kappa shape index (κ1) is 18.6. The summed E-state index contributed by atoms with van der Waals surface area (Å²) in [6, 6.07) is 2.64. The molecule has 0 radical (unpaired) electrons. The molecule has 0 saturated carbocycles. The van der Waals surface area contributed by atoms with Gasteiger partial charge in [-0.3, -0.25) is 9.59 Å². The summed E-state index contributed by atoms with van der Waals surface area (Å²) in [6.07, 6.45) is 0.623. The third kappa shape index (κ3) is 3.38. The van der Waals surface area contributed by atoms with Gasteiger partial charge in [0.25, 0.3) is 11.8 Å². The molecule has 1 aromatic rings. The van der Waals surface area contributed by atoms with E-state index in [-0.39, 0.29) is 11.8 Å². The van der Waals surface area contributed by atoms with E-state index in [1.165, 1.54) is 11.3 Å². The molecule has 0 spiro atoms. The molecule has 10 nitrogen and oxygen atoms in total. The normalized spacial score (nSPS) is 21.0. The van der Waals surface area contributed by atoms with E-state index in [9.17, 15) is 14.4 Å². The second-order valence-electron chi connectivity index (χ2n) is 6.98. The highest BCUT2D eigenvalue weighted by molar-refractivity contribution is 7.10. The van der Waals surface area contributed by atoms with E-state index in [1.807, 2.05) is 33.4 Å². The van der Waals surface area contributed by atoms with Gasteiger partial charge in [-0.1, -0.05) is 6.07 Å². The number of rotatable bonds is 4. The number of carbonyl (C=O) groups is 3. The highest BCUT2D eigenvalue weighted by atomic mass is 32.1. The average molecular weight is 406 g/mol. The lowest BCUT2D eigenvalue weighted by molar-refractivity contribution is -0.149. The molecule has 1 aromatic heterocycles. The van der Waals surface area contributed by atoms with Gasteiger partial charge in [-0.15, -0.1) is 11.3 Å². The van der Waals surface area contributed by atoms with E-state index in [2.05, 4.69) is 5.32 Å². The zero-order valence-corrected chi connectivity index (χ0v) is 16.3. The summed E-state index contributed by atoms with van der Waals surface area (Å²) in [5.41, 5.74) is 0.699. The minimum absolute atomic E-state index is 0.0202. The van der Waals surface area contributed by atoms with Gasteiger partial charge in [0.1, 0.15) is 18.4 Å². The first-order valence-electron chi connectivity index (χ1n) is 8.99. The number of hydrazine groups is 1. The maximum atomic E-state index is 12.9. The molecule has 4 rings (SSSR count). The van der Waals surface area contributed by atoms with Crippen LogP contribution in [0.3, 0.4) is 0 Å². The van der Waals surface area contributed by atoms with Crippen molar-refractivity contribution in [1.29, 1.82) is 0 Å². The topological polar surface area (TPSA) is 99.7 Å². The number of fused-ring (bicyclic) bond motifs is 1. The summed E-state index contributed by atoms with van der Waals surface area (Å²) in [5.74, 6) is -0.282. The van der Waals surface area contributed by atoms with Crippen molar-refractivity contribution in [2.24, 2.45) is 0 Å². The largest absolute Gasteiger partial charge is 0.465 e. The molecule has 4 heterocycles. The number of piperazine rings is 1. The van der Waals surface area contributed by atoms with Crippen molar-refractivity contribution in [1.82, 2.24) is 30.0 Å². The van der Waals surface area contributed by atoms with E-state index in [0.29, 0.717) is 50.1 Å². The van der Waals surface area contributed by atoms with Crippen LogP contribution in [0, 0.1) is 0 Å². The summed E-state index contributed by atoms with van der Waals surface area (Å²) >= 11 is 1.34. The molecular weight excluding hydrogens is 384 g/mol. The van der Waals surface area contributed by atoms with Crippen molar-refractivity contribution in [2.75, 3.05) is 46.6 Å². The summed E-state index contributed by atoms with van der Waals surface area (Å²) in [5, 5.41) is 16.9. The number of carboxylic acid groups (broad SMARTS) is 1. The van der Waals surface area contributed by atoms with Crippen LogP contribution in [0.2, 0.25) is 0 Å². The molecular formula is C17H22N6O4S. The van der Waals surface area contributed by atoms with Crippen LogP contribution in [0.25, 0.3) is 0 Å². The van der Waals surface area contributed by atoms with Crippen LogP contribution in [0.1, 0.15) is 10.9 Å². The third-order valence-corrected chi connectivity index (χ3v) is 6.02. The molecule has 0 aliphatic carbocycles. The standard InChI is InChI=1S/C17H22N6O4S/c1-19-9-12-15(24)23(11-21(12)10-19)22-6-4-20(5-7-22)16(25)14(18-17(26)27)13-3-2-8-28-13/h2-3,8-9,14,18H,4-7,10-11H2,1H3,(H,26,27). The van der Waals surface area contributed by atoms with Gasteiger partial charge in [0.15, 0.2) is 0 Å². The van der Waals surface area contributed by atoms with Gasteiger partial charge in [0, 0.05) is 44.3 Å². The fourth-order valence-corrected chi connectivity index (χ4v) is 4.51. The molecule has 3 aliphatic heterocycles. The van der Waals surface area contributed by atoms with Crippen LogP contribution in [-0.2, 0) is 9.59 Å². The Balaban J connectivity index is 1.38. The van der Waals surface area contributed by atoms with Gasteiger partial charge in [-0.05, 0) is 11.4 Å². The Morgan fingerprint density at radius 1 is 1.21 bits per heavy atom. The second-order valence-corrected chi connectivity index (χ2v) is 7.95. The van der Waals surface area contributed by atoms with Gasteiger partial charge < -0.3 is 25.1 Å². The van der Waals surface area contributed by atoms with E-state index in [4.69, 9.17) is 5.11 Å². The highest BCUT2D eigenvalue weighted by Crippen LogP contribution is 2.27. The molecule has 28 heavy (non-hydrogen) atoms. The zero-order valence-electron chi connectivity index (χ0n) is 15.4. The molecule has 2 N–H and O–H groups in total. The van der Waals surface area contributed by atoms with E-state index in [0.717, 1.165) is 0 Å². The maximum absolute atomic E-state index is 12.9. The first-order chi connectivity index (χ1) is 13.4. The second kappa shape index (κ2) is 7.32. The molecule has 3 amide bonds. The Morgan fingerprint density at radius 2 is 1.96 bits per heavy atom. The van der Waals surface area contributed by atoms with Crippen LogP contribution >= 0.6 is 11.3 Å². The van der Waals surface area contributed by atoms with Crippen molar-refractivity contribution < 1.29 is 19.5 Å². The van der Waals surface area contributed by atoms with Crippen molar-refractivity contribution in [3.8, 4) is 0 Å².